The van der Waals surface area contributed by atoms with Crippen LogP contribution < -0.4 is 5.73 Å². The third-order valence-corrected chi connectivity index (χ3v) is 2.74. The summed E-state index contributed by atoms with van der Waals surface area (Å²) < 4.78 is 14.9. The van der Waals surface area contributed by atoms with Gasteiger partial charge < -0.3 is 10.8 Å². The molecule has 1 aromatic heterocycles. The van der Waals surface area contributed by atoms with E-state index in [1.165, 1.54) is 16.9 Å². The number of anilines is 1. The largest absolute Gasteiger partial charge is 0.388 e. The Hall–Kier alpha value is -1.88. The summed E-state index contributed by atoms with van der Waals surface area (Å²) in [5, 5.41) is 13.9. The van der Waals surface area contributed by atoms with E-state index in [-0.39, 0.29) is 12.2 Å². The van der Waals surface area contributed by atoms with Gasteiger partial charge in [0.2, 0.25) is 0 Å². The van der Waals surface area contributed by atoms with Gasteiger partial charge >= 0.3 is 0 Å². The highest BCUT2D eigenvalue weighted by Gasteiger charge is 2.16. The van der Waals surface area contributed by atoms with Gasteiger partial charge in [-0.15, -0.1) is 0 Å². The van der Waals surface area contributed by atoms with E-state index in [1.54, 1.807) is 25.2 Å². The molecule has 3 N–H and O–H groups in total. The first-order valence-electron chi connectivity index (χ1n) is 5.28. The molecule has 0 bridgehead atoms. The van der Waals surface area contributed by atoms with Crippen LogP contribution in [-0.4, -0.2) is 14.9 Å². The van der Waals surface area contributed by atoms with Gasteiger partial charge in [-0.05, 0) is 11.6 Å². The molecular formula is C12H14FN3O. The number of benzene rings is 1. The van der Waals surface area contributed by atoms with Crippen LogP contribution in [-0.2, 0) is 13.5 Å². The fraction of sp³-hybridized carbons (Fsp3) is 0.250. The Bertz CT molecular complexity index is 524. The van der Waals surface area contributed by atoms with Gasteiger partial charge in [0, 0.05) is 19.0 Å². The molecule has 0 amide bonds. The van der Waals surface area contributed by atoms with E-state index in [2.05, 4.69) is 5.10 Å². The van der Waals surface area contributed by atoms with E-state index in [9.17, 15) is 9.50 Å². The molecule has 0 aliphatic heterocycles. The number of rotatable bonds is 3. The molecule has 0 saturated heterocycles. The topological polar surface area (TPSA) is 64.1 Å². The van der Waals surface area contributed by atoms with Crippen molar-refractivity contribution in [3.63, 3.8) is 0 Å². The Kier molecular flexibility index (Phi) is 3.10. The van der Waals surface area contributed by atoms with Crippen LogP contribution >= 0.6 is 0 Å². The minimum Gasteiger partial charge on any atom is -0.388 e. The minimum absolute atomic E-state index is 0.183. The number of aliphatic hydroxyl groups is 1. The van der Waals surface area contributed by atoms with Crippen molar-refractivity contribution in [2.45, 2.75) is 12.5 Å². The first kappa shape index (κ1) is 11.6. The summed E-state index contributed by atoms with van der Waals surface area (Å²) in [4.78, 5) is 0. The summed E-state index contributed by atoms with van der Waals surface area (Å²) in [6.07, 6.45) is 0.837. The maximum absolute atomic E-state index is 13.4. The smallest absolute Gasteiger partial charge is 0.127 e. The quantitative estimate of drug-likeness (QED) is 0.845. The number of nitrogens with two attached hydrogens (primary N) is 1. The molecule has 0 aliphatic carbocycles. The predicted octanol–water partition coefficient (Wildman–Crippen LogP) is 1.42. The molecule has 0 saturated carbocycles. The van der Waals surface area contributed by atoms with Crippen molar-refractivity contribution in [3.8, 4) is 0 Å². The lowest BCUT2D eigenvalue weighted by molar-refractivity contribution is 0.178. The number of aryl methyl sites for hydroxylation is 1. The second kappa shape index (κ2) is 4.55. The summed E-state index contributed by atoms with van der Waals surface area (Å²) in [6.45, 7) is 0. The number of aromatic nitrogens is 2. The van der Waals surface area contributed by atoms with Crippen LogP contribution in [0.1, 0.15) is 17.2 Å². The SMILES string of the molecule is Cn1ncc(C(O)Cc2ccccc2F)c1N. The van der Waals surface area contributed by atoms with Crippen LogP contribution in [0.5, 0.6) is 0 Å². The van der Waals surface area contributed by atoms with Crippen LogP contribution in [0.2, 0.25) is 0 Å². The Labute approximate surface area is 98.5 Å². The fourth-order valence-electron chi connectivity index (χ4n) is 1.70. The summed E-state index contributed by atoms with van der Waals surface area (Å²) >= 11 is 0. The first-order valence-corrected chi connectivity index (χ1v) is 5.28. The molecule has 1 unspecified atom stereocenters. The van der Waals surface area contributed by atoms with Crippen molar-refractivity contribution in [3.05, 3.63) is 47.4 Å². The van der Waals surface area contributed by atoms with Gasteiger partial charge in [0.25, 0.3) is 0 Å². The average molecular weight is 235 g/mol. The Morgan fingerprint density at radius 2 is 2.18 bits per heavy atom. The first-order chi connectivity index (χ1) is 8.09. The molecule has 0 spiro atoms. The van der Waals surface area contributed by atoms with Gasteiger partial charge in [-0.1, -0.05) is 18.2 Å². The van der Waals surface area contributed by atoms with E-state index in [0.29, 0.717) is 16.9 Å². The summed E-state index contributed by atoms with van der Waals surface area (Å²) in [6, 6.07) is 6.36. The van der Waals surface area contributed by atoms with E-state index in [1.807, 2.05) is 0 Å². The molecular weight excluding hydrogens is 221 g/mol. The molecule has 1 aromatic carbocycles. The maximum atomic E-state index is 13.4. The number of aliphatic hydroxyl groups excluding tert-OH is 1. The predicted molar refractivity (Wildman–Crippen MR) is 62.7 cm³/mol. The molecule has 1 heterocycles. The highest BCUT2D eigenvalue weighted by Crippen LogP contribution is 2.23. The number of nitrogen functional groups attached to an aromatic ring is 1. The second-order valence-electron chi connectivity index (χ2n) is 3.92. The normalized spacial score (nSPS) is 12.6. The Morgan fingerprint density at radius 1 is 1.47 bits per heavy atom. The van der Waals surface area contributed by atoms with Crippen molar-refractivity contribution >= 4 is 5.82 Å². The highest BCUT2D eigenvalue weighted by molar-refractivity contribution is 5.40. The standard InChI is InChI=1S/C12H14FN3O/c1-16-12(14)9(7-15-16)11(17)6-8-4-2-3-5-10(8)13/h2-5,7,11,17H,6,14H2,1H3. The monoisotopic (exact) mass is 235 g/mol. The lowest BCUT2D eigenvalue weighted by Gasteiger charge is -2.10. The van der Waals surface area contributed by atoms with Crippen LogP contribution in [0, 0.1) is 5.82 Å². The van der Waals surface area contributed by atoms with E-state index in [0.717, 1.165) is 0 Å². The number of hydrogen-bond donors (Lipinski definition) is 2. The van der Waals surface area contributed by atoms with Gasteiger partial charge in [-0.2, -0.15) is 5.10 Å². The zero-order chi connectivity index (χ0) is 12.4. The van der Waals surface area contributed by atoms with E-state index < -0.39 is 6.10 Å². The van der Waals surface area contributed by atoms with Gasteiger partial charge in [0.1, 0.15) is 11.6 Å². The van der Waals surface area contributed by atoms with Crippen molar-refractivity contribution in [1.82, 2.24) is 9.78 Å². The van der Waals surface area contributed by atoms with Crippen LogP contribution in [0.3, 0.4) is 0 Å². The molecule has 90 valence electrons. The molecule has 5 heteroatoms. The zero-order valence-electron chi connectivity index (χ0n) is 9.47. The summed E-state index contributed by atoms with van der Waals surface area (Å²) in [7, 11) is 1.69. The third kappa shape index (κ3) is 2.29. The van der Waals surface area contributed by atoms with E-state index in [4.69, 9.17) is 5.73 Å². The van der Waals surface area contributed by atoms with Crippen molar-refractivity contribution in [2.75, 3.05) is 5.73 Å². The van der Waals surface area contributed by atoms with Gasteiger partial charge in [0.05, 0.1) is 12.3 Å². The third-order valence-electron chi connectivity index (χ3n) is 2.74. The van der Waals surface area contributed by atoms with Crippen molar-refractivity contribution < 1.29 is 9.50 Å². The molecule has 0 aliphatic rings. The van der Waals surface area contributed by atoms with Crippen LogP contribution in [0.4, 0.5) is 10.2 Å². The molecule has 0 fully saturated rings. The minimum atomic E-state index is -0.847. The Balaban J connectivity index is 2.20. The van der Waals surface area contributed by atoms with Gasteiger partial charge in [-0.25, -0.2) is 4.39 Å². The molecule has 4 nitrogen and oxygen atoms in total. The lowest BCUT2D eigenvalue weighted by atomic mass is 10.0. The van der Waals surface area contributed by atoms with E-state index >= 15 is 0 Å². The molecule has 17 heavy (non-hydrogen) atoms. The second-order valence-corrected chi connectivity index (χ2v) is 3.92. The molecule has 2 aromatic rings. The highest BCUT2D eigenvalue weighted by atomic mass is 19.1. The summed E-state index contributed by atoms with van der Waals surface area (Å²) in [5.41, 5.74) is 6.73. The van der Waals surface area contributed by atoms with Crippen molar-refractivity contribution in [2.24, 2.45) is 7.05 Å². The lowest BCUT2D eigenvalue weighted by Crippen LogP contribution is -2.06. The average Bonchev–Trinajstić information content (AvgIpc) is 2.63. The Morgan fingerprint density at radius 3 is 2.76 bits per heavy atom. The maximum Gasteiger partial charge on any atom is 0.127 e. The number of hydrogen-bond acceptors (Lipinski definition) is 3. The van der Waals surface area contributed by atoms with Crippen LogP contribution in [0.15, 0.2) is 30.5 Å². The molecule has 1 atom stereocenters. The number of nitrogens with zero attached hydrogens (tertiary/aromatic N) is 2. The number of halogens is 1. The molecule has 0 radical (unpaired) electrons. The molecule has 2 rings (SSSR count). The van der Waals surface area contributed by atoms with Gasteiger partial charge in [0.15, 0.2) is 0 Å². The zero-order valence-corrected chi connectivity index (χ0v) is 9.47. The summed E-state index contributed by atoms with van der Waals surface area (Å²) in [5.74, 6) is 0.0721. The van der Waals surface area contributed by atoms with Crippen molar-refractivity contribution in [1.29, 1.82) is 0 Å². The fourth-order valence-corrected chi connectivity index (χ4v) is 1.70. The van der Waals surface area contributed by atoms with Gasteiger partial charge in [-0.3, -0.25) is 4.68 Å². The van der Waals surface area contributed by atoms with Crippen LogP contribution in [0.25, 0.3) is 0 Å².